The summed E-state index contributed by atoms with van der Waals surface area (Å²) in [6.45, 7) is 3.93. The van der Waals surface area contributed by atoms with E-state index in [0.29, 0.717) is 38.3 Å². The maximum atomic E-state index is 12.6. The van der Waals surface area contributed by atoms with Crippen LogP contribution in [0.1, 0.15) is 25.5 Å². The molecule has 9 nitrogen and oxygen atoms in total. The summed E-state index contributed by atoms with van der Waals surface area (Å²) in [5.41, 5.74) is 3.07. The average Bonchev–Trinajstić information content (AvgIpc) is 3.26. The van der Waals surface area contributed by atoms with E-state index in [0.717, 1.165) is 10.9 Å². The van der Waals surface area contributed by atoms with E-state index < -0.39 is 16.1 Å². The van der Waals surface area contributed by atoms with Gasteiger partial charge in [-0.15, -0.1) is 0 Å². The normalized spacial score (nSPS) is 14.5. The summed E-state index contributed by atoms with van der Waals surface area (Å²) in [6, 6.07) is 7.26. The number of ether oxygens (including phenoxy) is 2. The number of fused-ring (bicyclic) bond motifs is 2. The second kappa shape index (κ2) is 9.18. The van der Waals surface area contributed by atoms with E-state index >= 15 is 0 Å². The summed E-state index contributed by atoms with van der Waals surface area (Å²) < 4.78 is 38.3. The van der Waals surface area contributed by atoms with Gasteiger partial charge >= 0.3 is 0 Å². The van der Waals surface area contributed by atoms with Gasteiger partial charge < -0.3 is 9.47 Å². The van der Waals surface area contributed by atoms with E-state index in [1.165, 1.54) is 16.7 Å². The highest BCUT2D eigenvalue weighted by Gasteiger charge is 2.29. The van der Waals surface area contributed by atoms with Crippen LogP contribution in [0.4, 0.5) is 5.69 Å². The molecule has 4 heterocycles. The smallest absolute Gasteiger partial charge is 0.238 e. The van der Waals surface area contributed by atoms with Crippen molar-refractivity contribution in [2.45, 2.75) is 20.0 Å². The molecule has 1 aliphatic heterocycles. The number of benzene rings is 1. The first kappa shape index (κ1) is 23.7. The lowest BCUT2D eigenvalue weighted by Crippen LogP contribution is -2.39. The molecule has 0 bridgehead atoms. The largest absolute Gasteiger partial charge is 0.486 e. The fourth-order valence-electron chi connectivity index (χ4n) is 4.01. The molecule has 0 amide bonds. The molecule has 12 heteroatoms. The number of H-pyrrole nitrogens is 1. The minimum absolute atomic E-state index is 0.0214. The highest BCUT2D eigenvalue weighted by molar-refractivity contribution is 7.92. The van der Waals surface area contributed by atoms with Crippen molar-refractivity contribution < 1.29 is 17.9 Å². The molecule has 4 aromatic rings. The Hall–Kier alpha value is -3.08. The molecule has 1 aromatic carbocycles. The first-order chi connectivity index (χ1) is 16.8. The number of rotatable bonds is 6. The van der Waals surface area contributed by atoms with Crippen molar-refractivity contribution in [3.8, 4) is 22.9 Å². The van der Waals surface area contributed by atoms with E-state index in [2.05, 4.69) is 20.2 Å². The summed E-state index contributed by atoms with van der Waals surface area (Å²) in [5, 5.41) is 9.07. The summed E-state index contributed by atoms with van der Waals surface area (Å²) in [7, 11) is -3.48. The van der Waals surface area contributed by atoms with Crippen molar-refractivity contribution in [2.75, 3.05) is 23.2 Å². The quantitative estimate of drug-likeness (QED) is 0.370. The van der Waals surface area contributed by atoms with Gasteiger partial charge in [0.05, 0.1) is 27.9 Å². The maximum Gasteiger partial charge on any atom is 0.238 e. The Labute approximate surface area is 212 Å². The molecular formula is C23H21Cl2N5O4S. The summed E-state index contributed by atoms with van der Waals surface area (Å²) in [6.07, 6.45) is 4.23. The monoisotopic (exact) mass is 533 g/mol. The Kier molecular flexibility index (Phi) is 6.20. The molecule has 0 saturated carbocycles. The number of sulfonamides is 1. The predicted octanol–water partition coefficient (Wildman–Crippen LogP) is 5.02. The Morgan fingerprint density at radius 1 is 1.20 bits per heavy atom. The van der Waals surface area contributed by atoms with Crippen LogP contribution in [0.5, 0.6) is 11.6 Å². The first-order valence-electron chi connectivity index (χ1n) is 10.9. The van der Waals surface area contributed by atoms with Gasteiger partial charge in [0.25, 0.3) is 0 Å². The molecule has 0 radical (unpaired) electrons. The fourth-order valence-corrected chi connectivity index (χ4v) is 5.78. The van der Waals surface area contributed by atoms with E-state index in [9.17, 15) is 8.42 Å². The van der Waals surface area contributed by atoms with Crippen LogP contribution in [0.2, 0.25) is 10.0 Å². The van der Waals surface area contributed by atoms with Crippen LogP contribution in [0, 0.1) is 0 Å². The number of nitrogens with one attached hydrogen (secondary N) is 1. The van der Waals surface area contributed by atoms with Gasteiger partial charge in [0, 0.05) is 35.1 Å². The number of aromatic amines is 1. The van der Waals surface area contributed by atoms with Crippen molar-refractivity contribution in [3.63, 3.8) is 0 Å². The molecule has 182 valence electrons. The molecule has 1 N–H and O–H groups in total. The Bertz CT molecular complexity index is 1510. The molecular weight excluding hydrogens is 513 g/mol. The van der Waals surface area contributed by atoms with Crippen LogP contribution in [0.3, 0.4) is 0 Å². The Morgan fingerprint density at radius 2 is 1.97 bits per heavy atom. The van der Waals surface area contributed by atoms with Crippen molar-refractivity contribution in [1.29, 1.82) is 0 Å². The molecule has 5 rings (SSSR count). The van der Waals surface area contributed by atoms with Gasteiger partial charge in [0.2, 0.25) is 15.9 Å². The van der Waals surface area contributed by atoms with Crippen LogP contribution >= 0.6 is 23.2 Å². The fraction of sp³-hybridized carbons (Fsp3) is 0.261. The highest BCUT2D eigenvalue weighted by Crippen LogP contribution is 2.38. The number of pyridine rings is 2. The molecule has 0 saturated heterocycles. The lowest BCUT2D eigenvalue weighted by molar-refractivity contribution is 0.227. The second-order valence-corrected chi connectivity index (χ2v) is 10.9. The summed E-state index contributed by atoms with van der Waals surface area (Å²) >= 11 is 12.6. The van der Waals surface area contributed by atoms with Crippen molar-refractivity contribution in [1.82, 2.24) is 20.2 Å². The van der Waals surface area contributed by atoms with Crippen molar-refractivity contribution in [3.05, 3.63) is 58.5 Å². The second-order valence-electron chi connectivity index (χ2n) is 7.93. The molecule has 0 fully saturated rings. The van der Waals surface area contributed by atoms with Crippen LogP contribution in [0.25, 0.3) is 22.2 Å². The number of anilines is 1. The van der Waals surface area contributed by atoms with E-state index in [1.54, 1.807) is 19.2 Å². The Morgan fingerprint density at radius 3 is 2.71 bits per heavy atom. The average molecular weight is 534 g/mol. The third-order valence-corrected chi connectivity index (χ3v) is 8.13. The van der Waals surface area contributed by atoms with Crippen LogP contribution in [0.15, 0.2) is 42.9 Å². The van der Waals surface area contributed by atoms with Gasteiger partial charge in [-0.2, -0.15) is 5.10 Å². The van der Waals surface area contributed by atoms with Gasteiger partial charge in [-0.25, -0.2) is 13.4 Å². The lowest BCUT2D eigenvalue weighted by Gasteiger charge is -2.29. The van der Waals surface area contributed by atoms with Gasteiger partial charge in [-0.1, -0.05) is 23.2 Å². The van der Waals surface area contributed by atoms with Crippen molar-refractivity contribution in [2.24, 2.45) is 0 Å². The van der Waals surface area contributed by atoms with Crippen LogP contribution < -0.4 is 13.8 Å². The van der Waals surface area contributed by atoms with Gasteiger partial charge in [0.1, 0.15) is 29.8 Å². The molecule has 35 heavy (non-hydrogen) atoms. The number of nitrogens with zero attached hydrogens (tertiary/aromatic N) is 4. The third-order valence-electron chi connectivity index (χ3n) is 5.75. The molecule has 0 spiro atoms. The minimum atomic E-state index is -3.48. The number of halogens is 2. The lowest BCUT2D eigenvalue weighted by atomic mass is 10.1. The number of aromatic nitrogens is 4. The van der Waals surface area contributed by atoms with Crippen LogP contribution in [-0.4, -0.2) is 47.5 Å². The zero-order valence-corrected chi connectivity index (χ0v) is 21.2. The van der Waals surface area contributed by atoms with Crippen molar-refractivity contribution >= 4 is 49.8 Å². The SMILES string of the molecule is CCS(=O)(=O)N1CCOc2ncc(-c3n[nH]c4ccc(O[C@H](C)c5c(Cl)cncc5Cl)cc34)cc21. The number of hydrogen-bond acceptors (Lipinski definition) is 7. The van der Waals surface area contributed by atoms with Gasteiger partial charge in [-0.3, -0.25) is 14.4 Å². The first-order valence-corrected chi connectivity index (χ1v) is 13.2. The predicted molar refractivity (Wildman–Crippen MR) is 135 cm³/mol. The van der Waals surface area contributed by atoms with Crippen LogP contribution in [-0.2, 0) is 10.0 Å². The van der Waals surface area contributed by atoms with E-state index in [-0.39, 0.29) is 24.8 Å². The molecule has 3 aromatic heterocycles. The number of hydrogen-bond donors (Lipinski definition) is 1. The minimum Gasteiger partial charge on any atom is -0.486 e. The maximum absolute atomic E-state index is 12.6. The van der Waals surface area contributed by atoms with E-state index in [4.69, 9.17) is 32.7 Å². The standard InChI is InChI=1S/C23H21Cl2N5O4S/c1-3-35(31,32)30-6-7-33-23-20(30)8-14(10-27-23)22-16-9-15(4-5-19(16)28-29-22)34-13(2)21-17(24)11-26-12-18(21)25/h4-5,8-13H,3,6-7H2,1-2H3,(H,28,29)/t13-/m1/s1. The zero-order chi connectivity index (χ0) is 24.7. The molecule has 0 aliphatic carbocycles. The topological polar surface area (TPSA) is 110 Å². The van der Waals surface area contributed by atoms with Gasteiger partial charge in [-0.05, 0) is 38.1 Å². The molecule has 1 atom stereocenters. The summed E-state index contributed by atoms with van der Waals surface area (Å²) in [5.74, 6) is 0.841. The molecule has 1 aliphatic rings. The summed E-state index contributed by atoms with van der Waals surface area (Å²) in [4.78, 5) is 8.34. The Balaban J connectivity index is 1.52. The highest BCUT2D eigenvalue weighted by atomic mass is 35.5. The third kappa shape index (κ3) is 4.37. The van der Waals surface area contributed by atoms with Gasteiger partial charge in [0.15, 0.2) is 0 Å². The zero-order valence-electron chi connectivity index (χ0n) is 18.8. The van der Waals surface area contributed by atoms with E-state index in [1.807, 2.05) is 25.1 Å². The molecule has 0 unspecified atom stereocenters.